The number of amides is 1. The van der Waals surface area contributed by atoms with Crippen LogP contribution in [0, 0.1) is 0 Å². The van der Waals surface area contributed by atoms with Crippen molar-refractivity contribution in [2.45, 2.75) is 6.54 Å². The molecule has 2 aromatic carbocycles. The second-order valence-corrected chi connectivity index (χ2v) is 6.85. The number of methoxy groups -OCH3 is 1. The van der Waals surface area contributed by atoms with Crippen molar-refractivity contribution in [3.05, 3.63) is 71.0 Å². The molecule has 4 rings (SSSR count). The van der Waals surface area contributed by atoms with Gasteiger partial charge in [0.15, 0.2) is 11.5 Å². The van der Waals surface area contributed by atoms with E-state index in [2.05, 4.69) is 0 Å². The van der Waals surface area contributed by atoms with E-state index >= 15 is 0 Å². The lowest BCUT2D eigenvalue weighted by Crippen LogP contribution is -2.26. The number of fused-ring (bicyclic) bond motifs is 1. The van der Waals surface area contributed by atoms with Crippen LogP contribution in [0.5, 0.6) is 17.2 Å². The van der Waals surface area contributed by atoms with E-state index in [-0.39, 0.29) is 12.7 Å². The van der Waals surface area contributed by atoms with E-state index in [1.807, 2.05) is 47.3 Å². The number of nitrogens with zero attached hydrogens (tertiary/aromatic N) is 2. The minimum atomic E-state index is -0.185. The molecule has 0 unspecified atom stereocenters. The Morgan fingerprint density at radius 1 is 1.18 bits per heavy atom. The molecular weight excluding hydrogens is 380 g/mol. The van der Waals surface area contributed by atoms with Gasteiger partial charge >= 0.3 is 0 Å². The van der Waals surface area contributed by atoms with Crippen LogP contribution in [0.2, 0.25) is 5.02 Å². The number of hydrogen-bond donors (Lipinski definition) is 0. The summed E-state index contributed by atoms with van der Waals surface area (Å²) >= 11 is 6.45. The molecule has 1 aromatic heterocycles. The summed E-state index contributed by atoms with van der Waals surface area (Å²) in [5, 5.41) is 0.469. The maximum atomic E-state index is 13.0. The normalized spacial score (nSPS) is 12.1. The Hall–Kier alpha value is -3.12. The van der Waals surface area contributed by atoms with Crippen molar-refractivity contribution in [1.29, 1.82) is 0 Å². The predicted molar refractivity (Wildman–Crippen MR) is 106 cm³/mol. The molecule has 1 amide bonds. The number of aromatic nitrogens is 1. The van der Waals surface area contributed by atoms with Gasteiger partial charge in [-0.1, -0.05) is 17.7 Å². The third kappa shape index (κ3) is 3.39. The van der Waals surface area contributed by atoms with Gasteiger partial charge in [0.25, 0.3) is 5.91 Å². The summed E-state index contributed by atoms with van der Waals surface area (Å²) < 4.78 is 18.1. The van der Waals surface area contributed by atoms with E-state index in [0.29, 0.717) is 34.4 Å². The van der Waals surface area contributed by atoms with Crippen LogP contribution in [0.15, 0.2) is 54.9 Å². The Labute approximate surface area is 167 Å². The van der Waals surface area contributed by atoms with E-state index in [9.17, 15) is 4.79 Å². The van der Waals surface area contributed by atoms with Gasteiger partial charge in [-0.2, -0.15) is 0 Å². The second-order valence-electron chi connectivity index (χ2n) is 6.44. The standard InChI is InChI=1S/C21H19ClN2O4/c1-23(12-14-5-6-18-20(9-14)28-13-27-18)21(25)15-10-16(22)17(11-19(15)26-2)24-7-3-4-8-24/h3-11H,12-13H2,1-2H3. The molecule has 1 aliphatic rings. The monoisotopic (exact) mass is 398 g/mol. The molecule has 0 aliphatic carbocycles. The number of carbonyl (C=O) groups excluding carboxylic acids is 1. The molecule has 28 heavy (non-hydrogen) atoms. The average molecular weight is 399 g/mol. The number of ether oxygens (including phenoxy) is 3. The molecule has 7 heteroatoms. The summed E-state index contributed by atoms with van der Waals surface area (Å²) in [5.41, 5.74) is 2.10. The molecule has 6 nitrogen and oxygen atoms in total. The fraction of sp³-hybridized carbons (Fsp3) is 0.190. The van der Waals surface area contributed by atoms with E-state index in [0.717, 1.165) is 11.3 Å². The fourth-order valence-electron chi connectivity index (χ4n) is 3.16. The first-order valence-electron chi connectivity index (χ1n) is 8.71. The van der Waals surface area contributed by atoms with Crippen LogP contribution in [0.1, 0.15) is 15.9 Å². The van der Waals surface area contributed by atoms with Crippen LogP contribution in [-0.4, -0.2) is 36.3 Å². The van der Waals surface area contributed by atoms with E-state index in [1.165, 1.54) is 7.11 Å². The highest BCUT2D eigenvalue weighted by atomic mass is 35.5. The number of halogens is 1. The Morgan fingerprint density at radius 2 is 1.93 bits per heavy atom. The summed E-state index contributed by atoms with van der Waals surface area (Å²) in [6.07, 6.45) is 3.77. The SMILES string of the molecule is COc1cc(-n2cccc2)c(Cl)cc1C(=O)N(C)Cc1ccc2c(c1)OCO2. The van der Waals surface area contributed by atoms with Gasteiger partial charge in [-0.25, -0.2) is 0 Å². The molecule has 3 aromatic rings. The molecule has 0 bridgehead atoms. The molecule has 1 aliphatic heterocycles. The van der Waals surface area contributed by atoms with Crippen molar-refractivity contribution < 1.29 is 19.0 Å². The van der Waals surface area contributed by atoms with Gasteiger partial charge in [0.2, 0.25) is 6.79 Å². The Kier molecular flexibility index (Phi) is 4.88. The van der Waals surface area contributed by atoms with E-state index < -0.39 is 0 Å². The van der Waals surface area contributed by atoms with E-state index in [4.69, 9.17) is 25.8 Å². The quantitative estimate of drug-likeness (QED) is 0.648. The molecule has 0 saturated carbocycles. The fourth-order valence-corrected chi connectivity index (χ4v) is 3.42. The van der Waals surface area contributed by atoms with Crippen LogP contribution >= 0.6 is 11.6 Å². The highest BCUT2D eigenvalue weighted by Crippen LogP contribution is 2.34. The lowest BCUT2D eigenvalue weighted by atomic mass is 10.1. The largest absolute Gasteiger partial charge is 0.496 e. The van der Waals surface area contributed by atoms with Crippen molar-refractivity contribution >= 4 is 17.5 Å². The van der Waals surface area contributed by atoms with Gasteiger partial charge in [-0.3, -0.25) is 4.79 Å². The van der Waals surface area contributed by atoms with Crippen LogP contribution in [0.3, 0.4) is 0 Å². The number of benzene rings is 2. The topological polar surface area (TPSA) is 52.9 Å². The molecule has 0 saturated heterocycles. The second kappa shape index (κ2) is 7.48. The lowest BCUT2D eigenvalue weighted by molar-refractivity contribution is 0.0781. The zero-order valence-corrected chi connectivity index (χ0v) is 16.3. The third-order valence-electron chi connectivity index (χ3n) is 4.59. The summed E-state index contributed by atoms with van der Waals surface area (Å²) in [6.45, 7) is 0.632. The van der Waals surface area contributed by atoms with Crippen LogP contribution in [0.4, 0.5) is 0 Å². The number of carbonyl (C=O) groups is 1. The van der Waals surface area contributed by atoms with E-state index in [1.54, 1.807) is 24.1 Å². The lowest BCUT2D eigenvalue weighted by Gasteiger charge is -2.20. The Bertz CT molecular complexity index is 1020. The molecule has 0 radical (unpaired) electrons. The van der Waals surface area contributed by atoms with Crippen LogP contribution in [-0.2, 0) is 6.54 Å². The van der Waals surface area contributed by atoms with Crippen molar-refractivity contribution in [2.24, 2.45) is 0 Å². The van der Waals surface area contributed by atoms with Gasteiger partial charge in [-0.05, 0) is 35.9 Å². The first kappa shape index (κ1) is 18.3. The maximum absolute atomic E-state index is 13.0. The Balaban J connectivity index is 1.59. The molecule has 0 fully saturated rings. The Morgan fingerprint density at radius 3 is 2.68 bits per heavy atom. The summed E-state index contributed by atoms with van der Waals surface area (Å²) in [4.78, 5) is 14.6. The number of rotatable bonds is 5. The molecule has 144 valence electrons. The van der Waals surface area contributed by atoms with Gasteiger partial charge in [0, 0.05) is 32.1 Å². The highest BCUT2D eigenvalue weighted by Gasteiger charge is 2.21. The molecule has 2 heterocycles. The first-order valence-corrected chi connectivity index (χ1v) is 9.09. The number of hydrogen-bond acceptors (Lipinski definition) is 4. The van der Waals surface area contributed by atoms with Gasteiger partial charge < -0.3 is 23.7 Å². The minimum Gasteiger partial charge on any atom is -0.496 e. The molecular formula is C21H19ClN2O4. The minimum absolute atomic E-state index is 0.185. The van der Waals surface area contributed by atoms with Crippen LogP contribution in [0.25, 0.3) is 5.69 Å². The average Bonchev–Trinajstić information content (AvgIpc) is 3.38. The van der Waals surface area contributed by atoms with Crippen molar-refractivity contribution in [3.63, 3.8) is 0 Å². The summed E-state index contributed by atoms with van der Waals surface area (Å²) in [6, 6.07) is 12.9. The predicted octanol–water partition coefficient (Wildman–Crippen LogP) is 4.14. The zero-order valence-electron chi connectivity index (χ0n) is 15.5. The molecule has 0 atom stereocenters. The van der Waals surface area contributed by atoms with Crippen molar-refractivity contribution in [3.8, 4) is 22.9 Å². The molecule has 0 N–H and O–H groups in total. The molecule has 0 spiro atoms. The smallest absolute Gasteiger partial charge is 0.257 e. The van der Waals surface area contributed by atoms with Crippen molar-refractivity contribution in [2.75, 3.05) is 21.0 Å². The van der Waals surface area contributed by atoms with Gasteiger partial charge in [0.05, 0.1) is 23.4 Å². The van der Waals surface area contributed by atoms with Crippen molar-refractivity contribution in [1.82, 2.24) is 9.47 Å². The summed E-state index contributed by atoms with van der Waals surface area (Å²) in [7, 11) is 3.28. The zero-order chi connectivity index (χ0) is 19.7. The highest BCUT2D eigenvalue weighted by molar-refractivity contribution is 6.33. The summed E-state index contributed by atoms with van der Waals surface area (Å²) in [5.74, 6) is 1.69. The maximum Gasteiger partial charge on any atom is 0.257 e. The van der Waals surface area contributed by atoms with Crippen LogP contribution < -0.4 is 14.2 Å². The van der Waals surface area contributed by atoms with Gasteiger partial charge in [-0.15, -0.1) is 0 Å². The van der Waals surface area contributed by atoms with Gasteiger partial charge in [0.1, 0.15) is 5.75 Å². The third-order valence-corrected chi connectivity index (χ3v) is 4.89. The first-order chi connectivity index (χ1) is 13.6.